The normalized spacial score (nSPS) is 12.5. The van der Waals surface area contributed by atoms with Gasteiger partial charge >= 0.3 is 0 Å². The summed E-state index contributed by atoms with van der Waals surface area (Å²) in [7, 11) is 0. The van der Waals surface area contributed by atoms with Crippen LogP contribution in [0.3, 0.4) is 0 Å². The van der Waals surface area contributed by atoms with Crippen LogP contribution in [0.4, 0.5) is 0 Å². The zero-order valence-electron chi connectivity index (χ0n) is 79.3. The van der Waals surface area contributed by atoms with Crippen molar-refractivity contribution in [2.45, 2.75) is 142 Å². The summed E-state index contributed by atoms with van der Waals surface area (Å²) >= 11 is 0. The molecule has 0 N–H and O–H groups in total. The molecule has 0 saturated carbocycles. The summed E-state index contributed by atoms with van der Waals surface area (Å²) in [5, 5.41) is 19.3. The van der Waals surface area contributed by atoms with Crippen molar-refractivity contribution in [3.05, 3.63) is 495 Å². The lowest BCUT2D eigenvalue weighted by atomic mass is 9.94. The van der Waals surface area contributed by atoms with Gasteiger partial charge in [0.2, 0.25) is 0 Å². The van der Waals surface area contributed by atoms with Gasteiger partial charge in [0.15, 0.2) is 0 Å². The van der Waals surface area contributed by atoms with E-state index in [1.54, 1.807) is 0 Å². The van der Waals surface area contributed by atoms with Crippen LogP contribution in [-0.4, -0.2) is 0 Å². The van der Waals surface area contributed by atoms with Crippen molar-refractivity contribution in [3.8, 4) is 77.9 Å². The van der Waals surface area contributed by atoms with Gasteiger partial charge in [-0.1, -0.05) is 389 Å². The monoisotopic (exact) mass is 1710 g/mol. The van der Waals surface area contributed by atoms with Crippen molar-refractivity contribution < 1.29 is 0 Å². The first-order valence-corrected chi connectivity index (χ1v) is 47.9. The molecule has 133 heavy (non-hydrogen) atoms. The smallest absolute Gasteiger partial charge is 0.000719 e. The second-order valence-electron chi connectivity index (χ2n) is 39.5. The van der Waals surface area contributed by atoms with Gasteiger partial charge in [-0.3, -0.25) is 0 Å². The van der Waals surface area contributed by atoms with Crippen molar-refractivity contribution in [3.63, 3.8) is 0 Å². The molecule has 0 bridgehead atoms. The molecule has 0 heterocycles. The van der Waals surface area contributed by atoms with E-state index in [0.717, 1.165) is 44.9 Å². The minimum atomic E-state index is 1.07. The standard InChI is InChI=1S/7C19H16/c1-12-3-6-16-14(9-12)5-8-18-17-7-4-13(2)10-15(17)11-19(16)18;1-12-4-7-16-14(9-12)6-8-17-18-10-13(2)3-5-15(18)11-19(16)17;1-12-3-5-14-11-19-17(9-15(14)7-12)10-16-8-13(2)4-6-18(16)19;1-12-3-5-14-11-19-17(10-16(14)7-12)9-15-6-4-13(2)8-18(15)19;1-12-6-8-17-15(10-12)11-14-7-9-16-13(2)4-3-5-18(16)19(14)17;1-12-6-7-14-11-15-8-9-16-13(2)4-3-5-17(16)19(15)18(14)10-12;1-12-7-8-14-11-15-10-13(2)16-5-3-4-6-17(16)19(15)18(14)9-12/h2*3-10H,11H2,1-2H3;3-9,11H,10H2,1-2H3;3-8,10-11H,9H2,1-2H3;3*3-10H,11H2,1-2H3. The second kappa shape index (κ2) is 34.0. The molecule has 7 aliphatic rings. The SMILES string of the molecule is Cc1ccc2c(c1)-c1c(cc(C)c3ccccc13)C2.Cc1ccc2c(c1)-c1c(ccc3c(C)cccc13)C2.Cc1ccc2c(c1)-c1cc3ccc(C)cc3cc1C2.Cc1ccc2c(c1)-c1ccc3cc(C)ccc3c1C2.Cc1ccc2c(c1)Cc1c-2ccc2cc(C)ccc12.Cc1ccc2c(c1)Cc1cc3cc(C)ccc3cc1-2.Cc1ccc2c(c1)Cc1ccc3c(C)cccc3c1-2. The van der Waals surface area contributed by atoms with E-state index in [1.807, 2.05) is 0 Å². The summed E-state index contributed by atoms with van der Waals surface area (Å²) in [6.07, 6.45) is 7.55. The van der Waals surface area contributed by atoms with E-state index < -0.39 is 0 Å². The van der Waals surface area contributed by atoms with E-state index in [1.165, 1.54) is 309 Å². The second-order valence-corrected chi connectivity index (χ2v) is 39.5. The van der Waals surface area contributed by atoms with Crippen molar-refractivity contribution in [1.82, 2.24) is 0 Å². The number of hydrogen-bond donors (Lipinski definition) is 0. The topological polar surface area (TPSA) is 0 Å². The molecular formula is C133H112. The van der Waals surface area contributed by atoms with Gasteiger partial charge in [-0.15, -0.1) is 0 Å². The van der Waals surface area contributed by atoms with Crippen LogP contribution in [0.15, 0.2) is 340 Å². The molecule has 0 atom stereocenters. The maximum atomic E-state index is 2.37. The molecule has 0 radical (unpaired) electrons. The average molecular weight is 1710 g/mol. The average Bonchev–Trinajstić information content (AvgIpc) is 1.60. The van der Waals surface area contributed by atoms with E-state index in [2.05, 4.69) is 437 Å². The Morgan fingerprint density at radius 3 is 0.925 bits per heavy atom. The molecule has 0 saturated heterocycles. The van der Waals surface area contributed by atoms with Crippen molar-refractivity contribution in [1.29, 1.82) is 0 Å². The maximum absolute atomic E-state index is 2.37. The summed E-state index contributed by atoms with van der Waals surface area (Å²) in [6, 6.07) is 127. The van der Waals surface area contributed by atoms with Crippen LogP contribution >= 0.6 is 0 Å². The highest BCUT2D eigenvalue weighted by Gasteiger charge is 2.28. The van der Waals surface area contributed by atoms with E-state index in [0.29, 0.717) is 0 Å². The van der Waals surface area contributed by atoms with Crippen LogP contribution in [0.5, 0.6) is 0 Å². The first-order valence-electron chi connectivity index (χ1n) is 47.9. The van der Waals surface area contributed by atoms with Gasteiger partial charge in [0.25, 0.3) is 0 Å². The Morgan fingerprint density at radius 1 is 0.128 bits per heavy atom. The van der Waals surface area contributed by atoms with Gasteiger partial charge < -0.3 is 0 Å². The quantitative estimate of drug-likeness (QED) is 0.142. The van der Waals surface area contributed by atoms with Crippen LogP contribution in [0.25, 0.3) is 153 Å². The molecular weight excluding hydrogens is 1600 g/mol. The van der Waals surface area contributed by atoms with E-state index >= 15 is 0 Å². The van der Waals surface area contributed by atoms with Gasteiger partial charge in [-0.2, -0.15) is 0 Å². The largest absolute Gasteiger partial charge is 0.0616 e. The van der Waals surface area contributed by atoms with Gasteiger partial charge in [-0.25, -0.2) is 0 Å². The van der Waals surface area contributed by atoms with Gasteiger partial charge in [0.1, 0.15) is 0 Å². The maximum Gasteiger partial charge on any atom is -0.000719 e. The lowest BCUT2D eigenvalue weighted by Crippen LogP contribution is -1.86. The molecule has 0 fully saturated rings. The van der Waals surface area contributed by atoms with Crippen LogP contribution in [0.1, 0.15) is 156 Å². The molecule has 21 aromatic carbocycles. The third-order valence-corrected chi connectivity index (χ3v) is 29.5. The third kappa shape index (κ3) is 15.7. The molecule has 28 rings (SSSR count). The third-order valence-electron chi connectivity index (χ3n) is 29.5. The number of aryl methyl sites for hydroxylation is 14. The summed E-state index contributed by atoms with van der Waals surface area (Å²) in [5.74, 6) is 0. The molecule has 0 heteroatoms. The fourth-order valence-corrected chi connectivity index (χ4v) is 22.9. The Labute approximate surface area is 785 Å². The Balaban J connectivity index is 0.0000000905. The summed E-state index contributed by atoms with van der Waals surface area (Å²) in [4.78, 5) is 0. The van der Waals surface area contributed by atoms with Crippen LogP contribution in [0, 0.1) is 96.9 Å². The molecule has 0 unspecified atom stereocenters. The fourth-order valence-electron chi connectivity index (χ4n) is 22.9. The molecule has 0 aromatic heterocycles. The van der Waals surface area contributed by atoms with Crippen LogP contribution in [0.2, 0.25) is 0 Å². The molecule has 0 amide bonds. The van der Waals surface area contributed by atoms with Gasteiger partial charge in [0.05, 0.1) is 0 Å². The van der Waals surface area contributed by atoms with Crippen LogP contribution in [-0.2, 0) is 44.9 Å². The lowest BCUT2D eigenvalue weighted by molar-refractivity contribution is 1.25. The first kappa shape index (κ1) is 84.0. The van der Waals surface area contributed by atoms with Crippen molar-refractivity contribution in [2.24, 2.45) is 0 Å². The predicted octanol–water partition coefficient (Wildman–Crippen LogP) is 35.2. The number of fused-ring (bicyclic) bond motifs is 33. The summed E-state index contributed by atoms with van der Waals surface area (Å²) < 4.78 is 0. The first-order chi connectivity index (χ1) is 64.6. The number of benzene rings is 21. The highest BCUT2D eigenvalue weighted by Crippen LogP contribution is 2.50. The number of hydrogen-bond acceptors (Lipinski definition) is 0. The van der Waals surface area contributed by atoms with E-state index in [4.69, 9.17) is 0 Å². The molecule has 21 aromatic rings. The summed E-state index contributed by atoms with van der Waals surface area (Å²) in [6.45, 7) is 30.4. The Kier molecular flexibility index (Phi) is 21.5. The molecule has 0 nitrogen and oxygen atoms in total. The van der Waals surface area contributed by atoms with E-state index in [9.17, 15) is 0 Å². The van der Waals surface area contributed by atoms with Gasteiger partial charge in [0, 0.05) is 0 Å². The highest BCUT2D eigenvalue weighted by molar-refractivity contribution is 6.06. The predicted molar refractivity (Wildman–Crippen MR) is 572 cm³/mol. The summed E-state index contributed by atoms with van der Waals surface area (Å²) in [5.41, 5.74) is 59.6. The van der Waals surface area contributed by atoms with E-state index in [-0.39, 0.29) is 0 Å². The molecule has 644 valence electrons. The Morgan fingerprint density at radius 2 is 0.406 bits per heavy atom. The minimum Gasteiger partial charge on any atom is -0.0616 e. The van der Waals surface area contributed by atoms with Gasteiger partial charge in [-0.05, 0) is 402 Å². The molecule has 0 spiro atoms. The Hall–Kier alpha value is -14.6. The fraction of sp³-hybridized carbons (Fsp3) is 0.158. The van der Waals surface area contributed by atoms with Crippen molar-refractivity contribution in [2.75, 3.05) is 0 Å². The highest BCUT2D eigenvalue weighted by atomic mass is 14.3. The number of rotatable bonds is 0. The zero-order chi connectivity index (χ0) is 90.9. The van der Waals surface area contributed by atoms with Crippen LogP contribution < -0.4 is 0 Å². The molecule has 0 aliphatic heterocycles. The lowest BCUT2D eigenvalue weighted by Gasteiger charge is -2.10. The minimum absolute atomic E-state index is 1.07. The van der Waals surface area contributed by atoms with Crippen molar-refractivity contribution >= 4 is 75.4 Å². The molecule has 7 aliphatic carbocycles. The Bertz CT molecular complexity index is 8360. The zero-order valence-corrected chi connectivity index (χ0v) is 79.3.